The number of benzene rings is 3. The molecule has 3 aromatic rings. The van der Waals surface area contributed by atoms with Crippen LogP contribution in [0.3, 0.4) is 0 Å². The number of esters is 1. The second-order valence-electron chi connectivity index (χ2n) is 7.99. The Kier molecular flexibility index (Phi) is 6.41. The van der Waals surface area contributed by atoms with Gasteiger partial charge in [0.25, 0.3) is 10.0 Å². The molecule has 0 radical (unpaired) electrons. The summed E-state index contributed by atoms with van der Waals surface area (Å²) in [5.41, 5.74) is 5.91. The van der Waals surface area contributed by atoms with Gasteiger partial charge in [-0.2, -0.15) is 0 Å². The first-order valence-electron chi connectivity index (χ1n) is 9.35. The van der Waals surface area contributed by atoms with Gasteiger partial charge in [-0.05, 0) is 74.0 Å². The van der Waals surface area contributed by atoms with Gasteiger partial charge in [0.15, 0.2) is 0 Å². The van der Waals surface area contributed by atoms with Crippen molar-refractivity contribution in [2.45, 2.75) is 31.3 Å². The number of rotatable bonds is 5. The molecule has 0 heterocycles. The lowest BCUT2D eigenvalue weighted by atomic mass is 10.1. The van der Waals surface area contributed by atoms with Crippen LogP contribution in [0.5, 0.6) is 0 Å². The summed E-state index contributed by atoms with van der Waals surface area (Å²) in [6.45, 7) is 4.59. The van der Waals surface area contributed by atoms with Gasteiger partial charge in [0.05, 0.1) is 10.6 Å². The maximum absolute atomic E-state index is 13.5. The topological polar surface area (TPSA) is 89.7 Å². The molecule has 3 rings (SSSR count). The molecule has 0 aliphatic rings. The van der Waals surface area contributed by atoms with Crippen LogP contribution in [0.1, 0.15) is 20.8 Å². The minimum Gasteiger partial charge on any atom is -0.459 e. The van der Waals surface area contributed by atoms with Crippen molar-refractivity contribution < 1.29 is 17.9 Å². The number of nitrogens with zero attached hydrogens (tertiary/aromatic N) is 1. The van der Waals surface area contributed by atoms with E-state index in [2.05, 4.69) is 0 Å². The minimum absolute atomic E-state index is 0.138. The van der Waals surface area contributed by atoms with E-state index in [9.17, 15) is 13.2 Å². The summed E-state index contributed by atoms with van der Waals surface area (Å²) < 4.78 is 33.4. The Balaban J connectivity index is 2.13. The zero-order valence-electron chi connectivity index (χ0n) is 17.2. The number of fused-ring (bicyclic) bond motifs is 1. The number of sulfonamides is 1. The first-order chi connectivity index (χ1) is 14.3. The smallest absolute Gasteiger partial charge is 0.327 e. The van der Waals surface area contributed by atoms with Gasteiger partial charge in [0.1, 0.15) is 12.1 Å². The highest BCUT2D eigenvalue weighted by atomic mass is 35.5. The lowest BCUT2D eigenvalue weighted by molar-refractivity contribution is -0.152. The molecule has 3 aromatic carbocycles. The van der Waals surface area contributed by atoms with E-state index >= 15 is 0 Å². The van der Waals surface area contributed by atoms with E-state index in [1.165, 1.54) is 18.2 Å². The fourth-order valence-electron chi connectivity index (χ4n) is 3.02. The third-order valence-corrected chi connectivity index (χ3v) is 6.44. The molecule has 0 amide bonds. The maximum atomic E-state index is 13.5. The van der Waals surface area contributed by atoms with Crippen LogP contribution in [0.2, 0.25) is 10.0 Å². The summed E-state index contributed by atoms with van der Waals surface area (Å²) in [5.74, 6) is -0.697. The molecular weight excluding hydrogens is 459 g/mol. The molecule has 0 spiro atoms. The number of carbonyl (C=O) groups is 1. The lowest BCUT2D eigenvalue weighted by Gasteiger charge is -2.26. The van der Waals surface area contributed by atoms with Gasteiger partial charge in [-0.25, -0.2) is 8.42 Å². The van der Waals surface area contributed by atoms with Crippen LogP contribution >= 0.6 is 23.2 Å². The van der Waals surface area contributed by atoms with E-state index in [0.717, 1.165) is 15.1 Å². The van der Waals surface area contributed by atoms with Gasteiger partial charge in [-0.3, -0.25) is 9.10 Å². The Morgan fingerprint density at radius 1 is 0.968 bits per heavy atom. The number of hydrogen-bond acceptors (Lipinski definition) is 5. The number of halogens is 2. The van der Waals surface area contributed by atoms with Gasteiger partial charge in [-0.1, -0.05) is 35.3 Å². The predicted octanol–water partition coefficient (Wildman–Crippen LogP) is 5.27. The zero-order chi connectivity index (χ0) is 23.0. The Bertz CT molecular complexity index is 1230. The molecule has 6 nitrogen and oxygen atoms in total. The Morgan fingerprint density at radius 2 is 1.58 bits per heavy atom. The molecule has 0 saturated heterocycles. The molecule has 0 fully saturated rings. The van der Waals surface area contributed by atoms with Gasteiger partial charge < -0.3 is 10.5 Å². The first kappa shape index (κ1) is 23.2. The van der Waals surface area contributed by atoms with E-state index in [1.807, 2.05) is 6.07 Å². The van der Waals surface area contributed by atoms with Crippen molar-refractivity contribution in [1.29, 1.82) is 0 Å². The third-order valence-electron chi connectivity index (χ3n) is 4.25. The zero-order valence-corrected chi connectivity index (χ0v) is 19.6. The van der Waals surface area contributed by atoms with Crippen LogP contribution < -0.4 is 10.0 Å². The highest BCUT2D eigenvalue weighted by Crippen LogP contribution is 2.31. The van der Waals surface area contributed by atoms with E-state index < -0.39 is 28.1 Å². The van der Waals surface area contributed by atoms with Gasteiger partial charge in [0, 0.05) is 15.7 Å². The molecule has 0 atom stereocenters. The average molecular weight is 481 g/mol. The van der Waals surface area contributed by atoms with Crippen LogP contribution in [0.25, 0.3) is 10.8 Å². The molecule has 0 aromatic heterocycles. The highest BCUT2D eigenvalue weighted by molar-refractivity contribution is 7.92. The summed E-state index contributed by atoms with van der Waals surface area (Å²) in [5, 5.41) is 1.92. The molecule has 0 unspecified atom stereocenters. The fraction of sp³-hybridized carbons (Fsp3) is 0.227. The summed E-state index contributed by atoms with van der Waals surface area (Å²) in [6.07, 6.45) is 0. The fourth-order valence-corrected chi connectivity index (χ4v) is 5.15. The first-order valence-corrected chi connectivity index (χ1v) is 11.5. The van der Waals surface area contributed by atoms with Crippen molar-refractivity contribution in [1.82, 2.24) is 0 Å². The van der Waals surface area contributed by atoms with Crippen LogP contribution in [0.4, 0.5) is 11.4 Å². The molecule has 0 aliphatic heterocycles. The lowest BCUT2D eigenvalue weighted by Crippen LogP contribution is -2.39. The monoisotopic (exact) mass is 480 g/mol. The number of hydrogen-bond donors (Lipinski definition) is 1. The van der Waals surface area contributed by atoms with Crippen LogP contribution in [0.15, 0.2) is 59.5 Å². The maximum Gasteiger partial charge on any atom is 0.327 e. The normalized spacial score (nSPS) is 12.0. The van der Waals surface area contributed by atoms with Crippen molar-refractivity contribution in [3.63, 3.8) is 0 Å². The summed E-state index contributed by atoms with van der Waals surface area (Å²) in [7, 11) is -4.20. The highest BCUT2D eigenvalue weighted by Gasteiger charge is 2.30. The van der Waals surface area contributed by atoms with Crippen molar-refractivity contribution in [2.24, 2.45) is 0 Å². The molecule has 31 heavy (non-hydrogen) atoms. The van der Waals surface area contributed by atoms with Crippen LogP contribution in [-0.4, -0.2) is 26.5 Å². The number of ether oxygens (including phenoxy) is 1. The number of carbonyl (C=O) groups excluding carboxylic acids is 1. The second-order valence-corrected chi connectivity index (χ2v) is 10.7. The van der Waals surface area contributed by atoms with Crippen LogP contribution in [-0.2, 0) is 19.6 Å². The van der Waals surface area contributed by atoms with E-state index in [4.69, 9.17) is 33.7 Å². The molecular formula is C22H22Cl2N2O4S. The minimum atomic E-state index is -4.20. The quantitative estimate of drug-likeness (QED) is 0.396. The summed E-state index contributed by atoms with van der Waals surface area (Å²) in [6, 6.07) is 14.3. The molecule has 0 bridgehead atoms. The van der Waals surface area contributed by atoms with E-state index in [1.54, 1.807) is 51.1 Å². The van der Waals surface area contributed by atoms with E-state index in [0.29, 0.717) is 5.69 Å². The largest absolute Gasteiger partial charge is 0.459 e. The number of nitrogen functional groups attached to an aromatic ring is 1. The number of anilines is 2. The standard InChI is InChI=1S/C22H22Cl2N2O4S/c1-22(2,3)30-21(27)13-26(31(28,29)20-11-16(23)10-17(24)12-20)19-7-5-14-4-6-18(25)8-15(14)9-19/h4-12H,13,25H2,1-3H3. The Hall–Kier alpha value is -2.48. The van der Waals surface area contributed by atoms with Gasteiger partial charge in [0.2, 0.25) is 0 Å². The average Bonchev–Trinajstić information content (AvgIpc) is 2.63. The third kappa shape index (κ3) is 5.61. The van der Waals surface area contributed by atoms with E-state index in [-0.39, 0.29) is 20.6 Å². The van der Waals surface area contributed by atoms with Crippen molar-refractivity contribution in [3.05, 3.63) is 64.6 Å². The summed E-state index contributed by atoms with van der Waals surface area (Å²) >= 11 is 12.0. The molecule has 0 saturated carbocycles. The van der Waals surface area contributed by atoms with Crippen LogP contribution in [0, 0.1) is 0 Å². The van der Waals surface area contributed by atoms with Crippen molar-refractivity contribution in [3.8, 4) is 0 Å². The number of nitrogens with two attached hydrogens (primary N) is 1. The van der Waals surface area contributed by atoms with Crippen molar-refractivity contribution >= 4 is 61.3 Å². The molecule has 164 valence electrons. The molecule has 2 N–H and O–H groups in total. The second kappa shape index (κ2) is 8.57. The van der Waals surface area contributed by atoms with Crippen molar-refractivity contribution in [2.75, 3.05) is 16.6 Å². The Labute approximate surface area is 191 Å². The molecule has 0 aliphatic carbocycles. The SMILES string of the molecule is CC(C)(C)OC(=O)CN(c1ccc2ccc(N)cc2c1)S(=O)(=O)c1cc(Cl)cc(Cl)c1. The summed E-state index contributed by atoms with van der Waals surface area (Å²) in [4.78, 5) is 12.4. The predicted molar refractivity (Wildman–Crippen MR) is 125 cm³/mol. The van der Waals surface area contributed by atoms with Gasteiger partial charge in [-0.15, -0.1) is 0 Å². The van der Waals surface area contributed by atoms with Gasteiger partial charge >= 0.3 is 5.97 Å². The Morgan fingerprint density at radius 3 is 2.19 bits per heavy atom. The molecule has 9 heteroatoms.